The summed E-state index contributed by atoms with van der Waals surface area (Å²) in [7, 11) is 0. The van der Waals surface area contributed by atoms with Gasteiger partial charge in [-0.1, -0.05) is 18.2 Å². The van der Waals surface area contributed by atoms with E-state index < -0.39 is 0 Å². The summed E-state index contributed by atoms with van der Waals surface area (Å²) in [6.45, 7) is 2.68. The first-order valence-corrected chi connectivity index (χ1v) is 6.96. The van der Waals surface area contributed by atoms with Crippen molar-refractivity contribution in [3.05, 3.63) is 54.0 Å². The maximum Gasteiger partial charge on any atom is 0.289 e. The van der Waals surface area contributed by atoms with Crippen molar-refractivity contribution in [1.82, 2.24) is 4.90 Å². The van der Waals surface area contributed by atoms with Crippen LogP contribution in [0.15, 0.2) is 46.9 Å². The number of hydrogen-bond acceptors (Lipinski definition) is 4. The molecule has 2 aromatic rings. The van der Waals surface area contributed by atoms with Gasteiger partial charge in [-0.05, 0) is 24.3 Å². The molecule has 21 heavy (non-hydrogen) atoms. The standard InChI is InChI=1S/C16H17NO4/c18-16(17-8-10-19-11-9-17)15-7-6-14(21-15)12-20-13-4-2-1-3-5-13/h1-7H,8-12H2. The van der Waals surface area contributed by atoms with E-state index in [2.05, 4.69) is 0 Å². The lowest BCUT2D eigenvalue weighted by atomic mass is 10.3. The van der Waals surface area contributed by atoms with Crippen LogP contribution in [0.3, 0.4) is 0 Å². The molecular weight excluding hydrogens is 270 g/mol. The number of nitrogens with zero attached hydrogens (tertiary/aromatic N) is 1. The number of amides is 1. The lowest BCUT2D eigenvalue weighted by molar-refractivity contribution is 0.0281. The Morgan fingerprint density at radius 3 is 2.62 bits per heavy atom. The van der Waals surface area contributed by atoms with E-state index in [1.165, 1.54) is 0 Å². The summed E-state index contributed by atoms with van der Waals surface area (Å²) in [6, 6.07) is 13.0. The van der Waals surface area contributed by atoms with Gasteiger partial charge in [0.05, 0.1) is 13.2 Å². The number of ether oxygens (including phenoxy) is 2. The summed E-state index contributed by atoms with van der Waals surface area (Å²) in [4.78, 5) is 14.0. The highest BCUT2D eigenvalue weighted by atomic mass is 16.5. The summed E-state index contributed by atoms with van der Waals surface area (Å²) in [6.07, 6.45) is 0. The first-order chi connectivity index (χ1) is 10.3. The van der Waals surface area contributed by atoms with Crippen molar-refractivity contribution in [2.45, 2.75) is 6.61 Å². The number of para-hydroxylation sites is 1. The van der Waals surface area contributed by atoms with Crippen LogP contribution < -0.4 is 4.74 Å². The van der Waals surface area contributed by atoms with Crippen molar-refractivity contribution in [2.24, 2.45) is 0 Å². The molecule has 2 heterocycles. The number of carbonyl (C=O) groups is 1. The SMILES string of the molecule is O=C(c1ccc(COc2ccccc2)o1)N1CCOCC1. The average Bonchev–Trinajstić information content (AvgIpc) is 3.03. The third-order valence-electron chi connectivity index (χ3n) is 3.30. The zero-order valence-electron chi connectivity index (χ0n) is 11.7. The van der Waals surface area contributed by atoms with Gasteiger partial charge in [-0.3, -0.25) is 4.79 Å². The molecular formula is C16H17NO4. The van der Waals surface area contributed by atoms with E-state index in [-0.39, 0.29) is 5.91 Å². The molecule has 0 saturated carbocycles. The van der Waals surface area contributed by atoms with E-state index in [0.717, 1.165) is 5.75 Å². The molecule has 0 atom stereocenters. The molecule has 1 fully saturated rings. The van der Waals surface area contributed by atoms with Crippen LogP contribution in [-0.2, 0) is 11.3 Å². The maximum atomic E-state index is 12.2. The van der Waals surface area contributed by atoms with Crippen LogP contribution in [0.1, 0.15) is 16.3 Å². The van der Waals surface area contributed by atoms with Gasteiger partial charge < -0.3 is 18.8 Å². The van der Waals surface area contributed by atoms with E-state index in [1.54, 1.807) is 17.0 Å². The van der Waals surface area contributed by atoms with Gasteiger partial charge in [0.1, 0.15) is 18.1 Å². The largest absolute Gasteiger partial charge is 0.486 e. The van der Waals surface area contributed by atoms with E-state index in [4.69, 9.17) is 13.9 Å². The molecule has 0 radical (unpaired) electrons. The first kappa shape index (κ1) is 13.7. The van der Waals surface area contributed by atoms with Crippen LogP contribution in [0, 0.1) is 0 Å². The second-order valence-electron chi connectivity index (χ2n) is 4.77. The molecule has 0 spiro atoms. The normalized spacial score (nSPS) is 15.0. The van der Waals surface area contributed by atoms with Crippen molar-refractivity contribution in [3.8, 4) is 5.75 Å². The molecule has 1 aliphatic heterocycles. The topological polar surface area (TPSA) is 51.9 Å². The third-order valence-corrected chi connectivity index (χ3v) is 3.30. The molecule has 5 heteroatoms. The fraction of sp³-hybridized carbons (Fsp3) is 0.312. The molecule has 1 aromatic heterocycles. The van der Waals surface area contributed by atoms with Crippen molar-refractivity contribution >= 4 is 5.91 Å². The van der Waals surface area contributed by atoms with Crippen molar-refractivity contribution in [2.75, 3.05) is 26.3 Å². The fourth-order valence-corrected chi connectivity index (χ4v) is 2.16. The summed E-state index contributed by atoms with van der Waals surface area (Å²) in [5, 5.41) is 0. The monoisotopic (exact) mass is 287 g/mol. The number of furan rings is 1. The lowest BCUT2D eigenvalue weighted by Gasteiger charge is -2.25. The molecule has 0 aliphatic carbocycles. The molecule has 0 unspecified atom stereocenters. The van der Waals surface area contributed by atoms with E-state index in [9.17, 15) is 4.79 Å². The second kappa shape index (κ2) is 6.45. The Morgan fingerprint density at radius 1 is 1.10 bits per heavy atom. The number of morpholine rings is 1. The van der Waals surface area contributed by atoms with Gasteiger partial charge in [-0.2, -0.15) is 0 Å². The number of hydrogen-bond donors (Lipinski definition) is 0. The fourth-order valence-electron chi connectivity index (χ4n) is 2.16. The van der Waals surface area contributed by atoms with E-state index in [0.29, 0.717) is 44.4 Å². The predicted molar refractivity (Wildman–Crippen MR) is 76.2 cm³/mol. The van der Waals surface area contributed by atoms with Gasteiger partial charge in [-0.15, -0.1) is 0 Å². The molecule has 1 aliphatic rings. The third kappa shape index (κ3) is 3.44. The highest BCUT2D eigenvalue weighted by Crippen LogP contribution is 2.15. The van der Waals surface area contributed by atoms with Crippen molar-refractivity contribution in [1.29, 1.82) is 0 Å². The molecule has 5 nitrogen and oxygen atoms in total. The second-order valence-corrected chi connectivity index (χ2v) is 4.77. The van der Waals surface area contributed by atoms with Crippen LogP contribution in [0.5, 0.6) is 5.75 Å². The molecule has 0 bridgehead atoms. The maximum absolute atomic E-state index is 12.2. The van der Waals surface area contributed by atoms with Gasteiger partial charge in [0.25, 0.3) is 5.91 Å². The summed E-state index contributed by atoms with van der Waals surface area (Å²) < 4.78 is 16.4. The van der Waals surface area contributed by atoms with Crippen molar-refractivity contribution in [3.63, 3.8) is 0 Å². The quantitative estimate of drug-likeness (QED) is 0.866. The zero-order valence-corrected chi connectivity index (χ0v) is 11.7. The highest BCUT2D eigenvalue weighted by molar-refractivity contribution is 5.91. The van der Waals surface area contributed by atoms with Gasteiger partial charge in [-0.25, -0.2) is 0 Å². The molecule has 1 amide bonds. The van der Waals surface area contributed by atoms with Crippen LogP contribution in [0.25, 0.3) is 0 Å². The summed E-state index contributed by atoms with van der Waals surface area (Å²) in [5.74, 6) is 1.67. The molecule has 1 saturated heterocycles. The minimum atomic E-state index is -0.0933. The Morgan fingerprint density at radius 2 is 1.86 bits per heavy atom. The van der Waals surface area contributed by atoms with E-state index in [1.807, 2.05) is 30.3 Å². The number of benzene rings is 1. The van der Waals surface area contributed by atoms with Gasteiger partial charge >= 0.3 is 0 Å². The molecule has 110 valence electrons. The number of carbonyl (C=O) groups excluding carboxylic acids is 1. The van der Waals surface area contributed by atoms with E-state index >= 15 is 0 Å². The Balaban J connectivity index is 1.59. The minimum Gasteiger partial charge on any atom is -0.486 e. The van der Waals surface area contributed by atoms with Crippen LogP contribution in [-0.4, -0.2) is 37.1 Å². The Labute approximate surface area is 123 Å². The Bertz CT molecular complexity index is 587. The van der Waals surface area contributed by atoms with Crippen molar-refractivity contribution < 1.29 is 18.7 Å². The average molecular weight is 287 g/mol. The number of rotatable bonds is 4. The minimum absolute atomic E-state index is 0.0933. The first-order valence-electron chi connectivity index (χ1n) is 6.96. The molecule has 1 aromatic carbocycles. The Kier molecular flexibility index (Phi) is 4.21. The lowest BCUT2D eigenvalue weighted by Crippen LogP contribution is -2.40. The van der Waals surface area contributed by atoms with Crippen LogP contribution in [0.4, 0.5) is 0 Å². The van der Waals surface area contributed by atoms with Gasteiger partial charge in [0, 0.05) is 13.1 Å². The molecule has 3 rings (SSSR count). The highest BCUT2D eigenvalue weighted by Gasteiger charge is 2.21. The molecule has 0 N–H and O–H groups in total. The smallest absolute Gasteiger partial charge is 0.289 e. The Hall–Kier alpha value is -2.27. The van der Waals surface area contributed by atoms with Gasteiger partial charge in [0.2, 0.25) is 0 Å². The predicted octanol–water partition coefficient (Wildman–Crippen LogP) is 2.33. The summed E-state index contributed by atoms with van der Waals surface area (Å²) in [5.41, 5.74) is 0. The van der Waals surface area contributed by atoms with Crippen LogP contribution >= 0.6 is 0 Å². The summed E-state index contributed by atoms with van der Waals surface area (Å²) >= 11 is 0. The van der Waals surface area contributed by atoms with Gasteiger partial charge in [0.15, 0.2) is 5.76 Å². The van der Waals surface area contributed by atoms with Crippen LogP contribution in [0.2, 0.25) is 0 Å². The zero-order chi connectivity index (χ0) is 14.5.